The SMILES string of the molecule is COC1(CC(=O)NC(CO)C(C)C)CCC1. The maximum Gasteiger partial charge on any atom is 0.223 e. The number of nitrogens with one attached hydrogen (secondary N) is 1. The topological polar surface area (TPSA) is 58.6 Å². The molecule has 0 saturated heterocycles. The zero-order chi connectivity index (χ0) is 12.2. The number of aliphatic hydroxyl groups excluding tert-OH is 1. The Hall–Kier alpha value is -0.610. The Balaban J connectivity index is 2.40. The summed E-state index contributed by atoms with van der Waals surface area (Å²) < 4.78 is 5.40. The van der Waals surface area contributed by atoms with Crippen molar-refractivity contribution in [3.8, 4) is 0 Å². The van der Waals surface area contributed by atoms with E-state index in [9.17, 15) is 4.79 Å². The van der Waals surface area contributed by atoms with Crippen molar-refractivity contribution < 1.29 is 14.6 Å². The van der Waals surface area contributed by atoms with E-state index in [1.54, 1.807) is 7.11 Å². The van der Waals surface area contributed by atoms with Crippen molar-refractivity contribution in [2.24, 2.45) is 5.92 Å². The van der Waals surface area contributed by atoms with E-state index in [0.29, 0.717) is 6.42 Å². The Morgan fingerprint density at radius 1 is 1.50 bits per heavy atom. The number of aliphatic hydroxyl groups is 1. The van der Waals surface area contributed by atoms with Crippen molar-refractivity contribution >= 4 is 5.91 Å². The normalized spacial score (nSPS) is 20.3. The zero-order valence-electron chi connectivity index (χ0n) is 10.5. The van der Waals surface area contributed by atoms with Gasteiger partial charge in [-0.15, -0.1) is 0 Å². The van der Waals surface area contributed by atoms with E-state index < -0.39 is 0 Å². The Kier molecular flexibility index (Phi) is 4.74. The molecule has 1 aliphatic carbocycles. The van der Waals surface area contributed by atoms with Crippen molar-refractivity contribution in [3.63, 3.8) is 0 Å². The second-order valence-corrected chi connectivity index (χ2v) is 5.02. The summed E-state index contributed by atoms with van der Waals surface area (Å²) in [6, 6.07) is -0.151. The van der Waals surface area contributed by atoms with E-state index in [2.05, 4.69) is 5.32 Å². The van der Waals surface area contributed by atoms with Crippen LogP contribution in [-0.4, -0.2) is 36.4 Å². The highest BCUT2D eigenvalue weighted by atomic mass is 16.5. The molecule has 16 heavy (non-hydrogen) atoms. The molecule has 4 nitrogen and oxygen atoms in total. The van der Waals surface area contributed by atoms with Gasteiger partial charge in [-0.1, -0.05) is 13.8 Å². The molecule has 4 heteroatoms. The van der Waals surface area contributed by atoms with Crippen LogP contribution in [0.1, 0.15) is 39.5 Å². The molecule has 0 aromatic heterocycles. The highest BCUT2D eigenvalue weighted by Gasteiger charge is 2.39. The molecule has 0 heterocycles. The molecule has 1 unspecified atom stereocenters. The number of rotatable bonds is 6. The lowest BCUT2D eigenvalue weighted by molar-refractivity contribution is -0.135. The monoisotopic (exact) mass is 229 g/mol. The Labute approximate surface area is 97.4 Å². The van der Waals surface area contributed by atoms with Gasteiger partial charge in [-0.3, -0.25) is 4.79 Å². The van der Waals surface area contributed by atoms with Gasteiger partial charge in [0, 0.05) is 7.11 Å². The standard InChI is InChI=1S/C12H23NO3/c1-9(2)10(8-14)13-11(15)7-12(16-3)5-4-6-12/h9-10,14H,4-8H2,1-3H3,(H,13,15). The van der Waals surface area contributed by atoms with E-state index in [0.717, 1.165) is 19.3 Å². The molecule has 2 N–H and O–H groups in total. The van der Waals surface area contributed by atoms with Crippen LogP contribution >= 0.6 is 0 Å². The van der Waals surface area contributed by atoms with Crippen LogP contribution in [0.3, 0.4) is 0 Å². The lowest BCUT2D eigenvalue weighted by atomic mass is 9.77. The lowest BCUT2D eigenvalue weighted by Gasteiger charge is -2.40. The molecule has 0 radical (unpaired) electrons. The molecule has 1 amide bonds. The number of hydrogen-bond acceptors (Lipinski definition) is 3. The number of carbonyl (C=O) groups is 1. The molecule has 1 aliphatic rings. The Bertz CT molecular complexity index is 231. The van der Waals surface area contributed by atoms with Gasteiger partial charge in [0.05, 0.1) is 24.7 Å². The molecular weight excluding hydrogens is 206 g/mol. The second kappa shape index (κ2) is 5.64. The highest BCUT2D eigenvalue weighted by Crippen LogP contribution is 2.37. The molecule has 0 aliphatic heterocycles. The molecule has 1 fully saturated rings. The van der Waals surface area contributed by atoms with Crippen molar-refractivity contribution in [3.05, 3.63) is 0 Å². The van der Waals surface area contributed by atoms with Crippen LogP contribution in [0.2, 0.25) is 0 Å². The summed E-state index contributed by atoms with van der Waals surface area (Å²) in [6.45, 7) is 3.95. The molecule has 0 bridgehead atoms. The zero-order valence-corrected chi connectivity index (χ0v) is 10.5. The van der Waals surface area contributed by atoms with Gasteiger partial charge in [-0.05, 0) is 25.2 Å². The van der Waals surface area contributed by atoms with Crippen LogP contribution in [0, 0.1) is 5.92 Å². The third-order valence-electron chi connectivity index (χ3n) is 3.53. The molecule has 0 spiro atoms. The molecule has 1 atom stereocenters. The maximum absolute atomic E-state index is 11.8. The minimum atomic E-state index is -0.235. The predicted molar refractivity (Wildman–Crippen MR) is 62.1 cm³/mol. The summed E-state index contributed by atoms with van der Waals surface area (Å²) >= 11 is 0. The van der Waals surface area contributed by atoms with E-state index in [-0.39, 0.29) is 30.1 Å². The third-order valence-corrected chi connectivity index (χ3v) is 3.53. The number of amides is 1. The second-order valence-electron chi connectivity index (χ2n) is 5.02. The first-order valence-corrected chi connectivity index (χ1v) is 5.98. The molecule has 0 aromatic carbocycles. The maximum atomic E-state index is 11.8. The van der Waals surface area contributed by atoms with E-state index in [4.69, 9.17) is 9.84 Å². The molecule has 1 saturated carbocycles. The Morgan fingerprint density at radius 3 is 2.44 bits per heavy atom. The third kappa shape index (κ3) is 3.19. The van der Waals surface area contributed by atoms with Crippen LogP contribution in [0.5, 0.6) is 0 Å². The smallest absolute Gasteiger partial charge is 0.223 e. The summed E-state index contributed by atoms with van der Waals surface area (Å²) in [5.74, 6) is 0.225. The quantitative estimate of drug-likeness (QED) is 0.716. The first kappa shape index (κ1) is 13.5. The first-order chi connectivity index (χ1) is 7.53. The fourth-order valence-electron chi connectivity index (χ4n) is 2.00. The van der Waals surface area contributed by atoms with E-state index in [1.165, 1.54) is 0 Å². The van der Waals surface area contributed by atoms with Gasteiger partial charge < -0.3 is 15.2 Å². The summed E-state index contributed by atoms with van der Waals surface area (Å²) in [7, 11) is 1.67. The van der Waals surface area contributed by atoms with E-state index >= 15 is 0 Å². The summed E-state index contributed by atoms with van der Waals surface area (Å²) in [5.41, 5.74) is -0.235. The van der Waals surface area contributed by atoms with Gasteiger partial charge in [0.2, 0.25) is 5.91 Å². The van der Waals surface area contributed by atoms with Crippen LogP contribution < -0.4 is 5.32 Å². The average Bonchev–Trinajstić information content (AvgIpc) is 2.19. The van der Waals surface area contributed by atoms with Gasteiger partial charge in [0.25, 0.3) is 0 Å². The number of carbonyl (C=O) groups excluding carboxylic acids is 1. The van der Waals surface area contributed by atoms with Crippen LogP contribution in [0.4, 0.5) is 0 Å². The van der Waals surface area contributed by atoms with Crippen LogP contribution in [0.25, 0.3) is 0 Å². The first-order valence-electron chi connectivity index (χ1n) is 5.98. The van der Waals surface area contributed by atoms with Crippen molar-refractivity contribution in [2.45, 2.75) is 51.2 Å². The minimum absolute atomic E-state index is 0.0105. The van der Waals surface area contributed by atoms with Crippen LogP contribution in [0.15, 0.2) is 0 Å². The van der Waals surface area contributed by atoms with Gasteiger partial charge in [0.15, 0.2) is 0 Å². The van der Waals surface area contributed by atoms with Crippen LogP contribution in [-0.2, 0) is 9.53 Å². The average molecular weight is 229 g/mol. The summed E-state index contributed by atoms with van der Waals surface area (Å²) in [5, 5.41) is 12.0. The predicted octanol–water partition coefficient (Wildman–Crippen LogP) is 1.08. The molecule has 1 rings (SSSR count). The fraction of sp³-hybridized carbons (Fsp3) is 0.917. The molecule has 0 aromatic rings. The van der Waals surface area contributed by atoms with Crippen molar-refractivity contribution in [1.29, 1.82) is 0 Å². The number of methoxy groups -OCH3 is 1. The molecule has 94 valence electrons. The number of ether oxygens (including phenoxy) is 1. The van der Waals surface area contributed by atoms with Crippen molar-refractivity contribution in [1.82, 2.24) is 5.32 Å². The van der Waals surface area contributed by atoms with E-state index in [1.807, 2.05) is 13.8 Å². The number of hydrogen-bond donors (Lipinski definition) is 2. The fourth-order valence-corrected chi connectivity index (χ4v) is 2.00. The van der Waals surface area contributed by atoms with Gasteiger partial charge in [-0.25, -0.2) is 0 Å². The Morgan fingerprint density at radius 2 is 2.12 bits per heavy atom. The van der Waals surface area contributed by atoms with Gasteiger partial charge in [0.1, 0.15) is 0 Å². The summed E-state index contributed by atoms with van der Waals surface area (Å²) in [6.07, 6.45) is 3.46. The van der Waals surface area contributed by atoms with Crippen molar-refractivity contribution in [2.75, 3.05) is 13.7 Å². The summed E-state index contributed by atoms with van der Waals surface area (Å²) in [4.78, 5) is 11.8. The van der Waals surface area contributed by atoms with Gasteiger partial charge >= 0.3 is 0 Å². The highest BCUT2D eigenvalue weighted by molar-refractivity contribution is 5.77. The minimum Gasteiger partial charge on any atom is -0.394 e. The molecular formula is C12H23NO3. The largest absolute Gasteiger partial charge is 0.394 e. The lowest BCUT2D eigenvalue weighted by Crippen LogP contribution is -2.48. The van der Waals surface area contributed by atoms with Gasteiger partial charge in [-0.2, -0.15) is 0 Å².